The highest BCUT2D eigenvalue weighted by Crippen LogP contribution is 2.31. The van der Waals surface area contributed by atoms with Crippen molar-refractivity contribution in [2.24, 2.45) is 0 Å². The summed E-state index contributed by atoms with van der Waals surface area (Å²) in [6.07, 6.45) is 0. The number of carbonyl (C=O) groups excluding carboxylic acids is 2. The fraction of sp³-hybridized carbons (Fsp3) is 0.259. The summed E-state index contributed by atoms with van der Waals surface area (Å²) >= 11 is 6.74. The Kier molecular flexibility index (Phi) is 9.97. The quantitative estimate of drug-likeness (QED) is 0.333. The Labute approximate surface area is 240 Å². The van der Waals surface area contributed by atoms with E-state index in [1.807, 2.05) is 31.2 Å². The first-order valence-corrected chi connectivity index (χ1v) is 14.7. The normalized spacial score (nSPS) is 11.9. The van der Waals surface area contributed by atoms with Gasteiger partial charge in [0.15, 0.2) is 0 Å². The molecule has 0 aliphatic heterocycles. The number of nitrogens with zero attached hydrogens (tertiary/aromatic N) is 2. The minimum Gasteiger partial charge on any atom is -0.496 e. The van der Waals surface area contributed by atoms with Crippen LogP contribution in [-0.2, 0) is 26.2 Å². The number of benzene rings is 3. The Hall–Kier alpha value is -2.89. The fourth-order valence-corrected chi connectivity index (χ4v) is 6.15. The zero-order valence-electron chi connectivity index (χ0n) is 21.4. The number of sulfonamides is 1. The van der Waals surface area contributed by atoms with Crippen molar-refractivity contribution >= 4 is 59.4 Å². The van der Waals surface area contributed by atoms with Gasteiger partial charge in [0.25, 0.3) is 10.0 Å². The van der Waals surface area contributed by atoms with Gasteiger partial charge in [-0.25, -0.2) is 8.42 Å². The fourth-order valence-electron chi connectivity index (χ4n) is 3.75. The van der Waals surface area contributed by atoms with Crippen molar-refractivity contribution in [1.82, 2.24) is 10.2 Å². The standard InChI is InChI=1S/C27H29Br2N3O5S/c1-18-5-11-22(12-6-18)32(38(35,36)23-13-14-25(37-4)24(29)15-23)17-26(33)31(19(2)27(34)30-3)16-20-7-9-21(28)10-8-20/h5-15,19H,16-17H2,1-4H3,(H,30,34). The molecule has 1 unspecified atom stereocenters. The lowest BCUT2D eigenvalue weighted by molar-refractivity contribution is -0.139. The Morgan fingerprint density at radius 1 is 1.00 bits per heavy atom. The summed E-state index contributed by atoms with van der Waals surface area (Å²) in [5, 5.41) is 2.57. The summed E-state index contributed by atoms with van der Waals surface area (Å²) < 4.78 is 35.4. The molecule has 0 bridgehead atoms. The summed E-state index contributed by atoms with van der Waals surface area (Å²) in [4.78, 5) is 27.7. The van der Waals surface area contributed by atoms with Crippen molar-refractivity contribution in [3.05, 3.63) is 86.8 Å². The van der Waals surface area contributed by atoms with E-state index in [1.54, 1.807) is 37.3 Å². The van der Waals surface area contributed by atoms with E-state index < -0.39 is 28.5 Å². The van der Waals surface area contributed by atoms with E-state index in [0.29, 0.717) is 15.9 Å². The van der Waals surface area contributed by atoms with Crippen molar-refractivity contribution in [2.45, 2.75) is 31.3 Å². The monoisotopic (exact) mass is 665 g/mol. The predicted molar refractivity (Wildman–Crippen MR) is 155 cm³/mol. The van der Waals surface area contributed by atoms with E-state index in [2.05, 4.69) is 37.2 Å². The number of hydrogen-bond acceptors (Lipinski definition) is 5. The van der Waals surface area contributed by atoms with Gasteiger partial charge in [-0.2, -0.15) is 0 Å². The molecule has 0 heterocycles. The number of aryl methyl sites for hydroxylation is 1. The second-order valence-electron chi connectivity index (χ2n) is 8.58. The second-order valence-corrected chi connectivity index (χ2v) is 12.2. The Bertz CT molecular complexity index is 1400. The first-order chi connectivity index (χ1) is 18.0. The highest BCUT2D eigenvalue weighted by Gasteiger charge is 2.32. The van der Waals surface area contributed by atoms with Gasteiger partial charge in [-0.15, -0.1) is 0 Å². The Morgan fingerprint density at radius 2 is 1.63 bits per heavy atom. The number of nitrogens with one attached hydrogen (secondary N) is 1. The molecule has 0 aliphatic rings. The van der Waals surface area contributed by atoms with E-state index in [-0.39, 0.29) is 17.3 Å². The molecule has 0 radical (unpaired) electrons. The molecule has 0 fully saturated rings. The number of ether oxygens (including phenoxy) is 1. The van der Waals surface area contributed by atoms with Crippen LogP contribution in [0.25, 0.3) is 0 Å². The van der Waals surface area contributed by atoms with Crippen LogP contribution in [0.15, 0.2) is 80.6 Å². The van der Waals surface area contributed by atoms with Crippen LogP contribution in [0.4, 0.5) is 5.69 Å². The van der Waals surface area contributed by atoms with Gasteiger partial charge in [-0.3, -0.25) is 13.9 Å². The van der Waals surface area contributed by atoms with Crippen LogP contribution < -0.4 is 14.4 Å². The van der Waals surface area contributed by atoms with E-state index in [1.165, 1.54) is 31.2 Å². The molecule has 11 heteroatoms. The number of amides is 2. The molecule has 202 valence electrons. The molecule has 3 aromatic carbocycles. The predicted octanol–water partition coefficient (Wildman–Crippen LogP) is 4.89. The molecule has 0 saturated heterocycles. The van der Waals surface area contributed by atoms with Crippen molar-refractivity contribution < 1.29 is 22.7 Å². The summed E-state index contributed by atoms with van der Waals surface area (Å²) in [6, 6.07) is 17.8. The summed E-state index contributed by atoms with van der Waals surface area (Å²) in [7, 11) is -1.20. The van der Waals surface area contributed by atoms with Crippen LogP contribution in [0.3, 0.4) is 0 Å². The molecule has 2 amide bonds. The molecular formula is C27H29Br2N3O5S. The molecule has 0 aliphatic carbocycles. The molecule has 38 heavy (non-hydrogen) atoms. The molecule has 1 atom stereocenters. The smallest absolute Gasteiger partial charge is 0.264 e. The summed E-state index contributed by atoms with van der Waals surface area (Å²) in [5.41, 5.74) is 2.06. The Morgan fingerprint density at radius 3 is 2.18 bits per heavy atom. The number of hydrogen-bond donors (Lipinski definition) is 1. The van der Waals surface area contributed by atoms with E-state index in [4.69, 9.17) is 4.74 Å². The van der Waals surface area contributed by atoms with Gasteiger partial charge < -0.3 is 15.0 Å². The third kappa shape index (κ3) is 6.95. The maximum absolute atomic E-state index is 13.9. The SMILES string of the molecule is CNC(=O)C(C)N(Cc1ccc(Br)cc1)C(=O)CN(c1ccc(C)cc1)S(=O)(=O)c1ccc(OC)c(Br)c1. The van der Waals surface area contributed by atoms with Gasteiger partial charge in [0, 0.05) is 18.1 Å². The van der Waals surface area contributed by atoms with Crippen LogP contribution in [0, 0.1) is 6.92 Å². The maximum atomic E-state index is 13.9. The molecule has 3 aromatic rings. The number of carbonyl (C=O) groups is 2. The topological polar surface area (TPSA) is 96.0 Å². The van der Waals surface area contributed by atoms with Crippen LogP contribution in [0.2, 0.25) is 0 Å². The van der Waals surface area contributed by atoms with Crippen LogP contribution in [0.1, 0.15) is 18.1 Å². The lowest BCUT2D eigenvalue weighted by atomic mass is 10.1. The van der Waals surface area contributed by atoms with E-state index in [9.17, 15) is 18.0 Å². The molecule has 8 nitrogen and oxygen atoms in total. The first kappa shape index (κ1) is 29.7. The highest BCUT2D eigenvalue weighted by atomic mass is 79.9. The largest absolute Gasteiger partial charge is 0.496 e. The van der Waals surface area contributed by atoms with Gasteiger partial charge >= 0.3 is 0 Å². The second kappa shape index (κ2) is 12.8. The molecule has 0 aromatic heterocycles. The molecular weight excluding hydrogens is 638 g/mol. The number of rotatable bonds is 10. The van der Waals surface area contributed by atoms with Crippen molar-refractivity contribution in [1.29, 1.82) is 0 Å². The van der Waals surface area contributed by atoms with Crippen LogP contribution >= 0.6 is 31.9 Å². The average Bonchev–Trinajstić information content (AvgIpc) is 2.90. The van der Waals surface area contributed by atoms with Gasteiger partial charge in [0.05, 0.1) is 22.2 Å². The third-order valence-corrected chi connectivity index (χ3v) is 8.91. The number of anilines is 1. The van der Waals surface area contributed by atoms with Crippen LogP contribution in [-0.4, -0.2) is 51.9 Å². The number of halogens is 2. The lowest BCUT2D eigenvalue weighted by Gasteiger charge is -2.32. The Balaban J connectivity index is 2.04. The number of methoxy groups -OCH3 is 1. The van der Waals surface area contributed by atoms with Gasteiger partial charge in [0.2, 0.25) is 11.8 Å². The van der Waals surface area contributed by atoms with Gasteiger partial charge in [0.1, 0.15) is 18.3 Å². The summed E-state index contributed by atoms with van der Waals surface area (Å²) in [5.74, 6) is -0.415. The van der Waals surface area contributed by atoms with Crippen molar-refractivity contribution in [3.8, 4) is 5.75 Å². The van der Waals surface area contributed by atoms with Gasteiger partial charge in [-0.1, -0.05) is 45.8 Å². The minimum absolute atomic E-state index is 0.0163. The molecule has 1 N–H and O–H groups in total. The van der Waals surface area contributed by atoms with Crippen LogP contribution in [0.5, 0.6) is 5.75 Å². The van der Waals surface area contributed by atoms with Crippen molar-refractivity contribution in [3.63, 3.8) is 0 Å². The maximum Gasteiger partial charge on any atom is 0.264 e. The van der Waals surface area contributed by atoms with E-state index >= 15 is 0 Å². The minimum atomic E-state index is -4.18. The third-order valence-electron chi connectivity index (χ3n) is 5.99. The molecule has 3 rings (SSSR count). The number of likely N-dealkylation sites (N-methyl/N-ethyl adjacent to an activating group) is 1. The lowest BCUT2D eigenvalue weighted by Crippen LogP contribution is -2.50. The highest BCUT2D eigenvalue weighted by molar-refractivity contribution is 9.10. The average molecular weight is 667 g/mol. The first-order valence-electron chi connectivity index (χ1n) is 11.7. The molecule has 0 saturated carbocycles. The summed E-state index contributed by atoms with van der Waals surface area (Å²) in [6.45, 7) is 3.11. The van der Waals surface area contributed by atoms with E-state index in [0.717, 1.165) is 19.9 Å². The van der Waals surface area contributed by atoms with Gasteiger partial charge in [-0.05, 0) is 77.8 Å². The zero-order chi connectivity index (χ0) is 28.0. The van der Waals surface area contributed by atoms with Crippen molar-refractivity contribution in [2.75, 3.05) is 25.0 Å². The molecule has 0 spiro atoms. The zero-order valence-corrected chi connectivity index (χ0v) is 25.4.